The fourth-order valence-electron chi connectivity index (χ4n) is 2.02. The third kappa shape index (κ3) is 1.99. The van der Waals surface area contributed by atoms with Gasteiger partial charge in [-0.1, -0.05) is 0 Å². The van der Waals surface area contributed by atoms with Gasteiger partial charge < -0.3 is 0 Å². The average molecular weight is 284 g/mol. The summed E-state index contributed by atoms with van der Waals surface area (Å²) < 4.78 is 1.05. The van der Waals surface area contributed by atoms with Crippen LogP contribution in [-0.2, 0) is 11.2 Å². The molecule has 0 aromatic carbocycles. The van der Waals surface area contributed by atoms with E-state index >= 15 is 0 Å². The summed E-state index contributed by atoms with van der Waals surface area (Å²) in [4.78, 5) is 12.8. The van der Waals surface area contributed by atoms with E-state index in [9.17, 15) is 10.1 Å². The van der Waals surface area contributed by atoms with E-state index in [4.69, 9.17) is 0 Å². The van der Waals surface area contributed by atoms with Crippen molar-refractivity contribution in [3.63, 3.8) is 0 Å². The van der Waals surface area contributed by atoms with Gasteiger partial charge >= 0.3 is 0 Å². The van der Waals surface area contributed by atoms with E-state index in [1.54, 1.807) is 11.3 Å². The van der Waals surface area contributed by atoms with Crippen LogP contribution < -0.4 is 0 Å². The molecule has 1 aliphatic carbocycles. The van der Waals surface area contributed by atoms with E-state index < -0.39 is 5.41 Å². The fraction of sp³-hybridized carbons (Fsp3) is 0.455. The molecule has 78 valence electrons. The van der Waals surface area contributed by atoms with E-state index in [0.29, 0.717) is 12.8 Å². The van der Waals surface area contributed by atoms with Gasteiger partial charge in [-0.05, 0) is 40.9 Å². The predicted octanol–water partition coefficient (Wildman–Crippen LogP) is 3.32. The Morgan fingerprint density at radius 1 is 1.60 bits per heavy atom. The molecule has 1 aliphatic rings. The first kappa shape index (κ1) is 10.8. The number of hydrogen-bond acceptors (Lipinski definition) is 3. The van der Waals surface area contributed by atoms with Gasteiger partial charge in [-0.15, -0.1) is 11.3 Å². The van der Waals surface area contributed by atoms with E-state index in [2.05, 4.69) is 22.0 Å². The Morgan fingerprint density at radius 2 is 2.40 bits per heavy atom. The lowest BCUT2D eigenvalue weighted by atomic mass is 9.83. The highest BCUT2D eigenvalue weighted by Gasteiger charge is 2.42. The number of nitrogens with zero attached hydrogens (tertiary/aromatic N) is 1. The molecule has 0 bridgehead atoms. The highest BCUT2D eigenvalue weighted by molar-refractivity contribution is 9.11. The minimum Gasteiger partial charge on any atom is -0.298 e. The zero-order valence-corrected chi connectivity index (χ0v) is 10.5. The third-order valence-electron chi connectivity index (χ3n) is 2.86. The molecule has 1 aromatic heterocycles. The summed E-state index contributed by atoms with van der Waals surface area (Å²) in [5.41, 5.74) is -0.732. The van der Waals surface area contributed by atoms with Gasteiger partial charge in [0.05, 0.1) is 9.86 Å². The van der Waals surface area contributed by atoms with Gasteiger partial charge in [0.15, 0.2) is 5.78 Å². The summed E-state index contributed by atoms with van der Waals surface area (Å²) >= 11 is 4.99. The average Bonchev–Trinajstić information content (AvgIpc) is 2.76. The predicted molar refractivity (Wildman–Crippen MR) is 62.6 cm³/mol. The van der Waals surface area contributed by atoms with E-state index in [0.717, 1.165) is 21.5 Å². The molecule has 0 aliphatic heterocycles. The van der Waals surface area contributed by atoms with Crippen LogP contribution in [0.15, 0.2) is 15.9 Å². The van der Waals surface area contributed by atoms with Gasteiger partial charge in [-0.25, -0.2) is 0 Å². The van der Waals surface area contributed by atoms with Gasteiger partial charge in [-0.2, -0.15) is 5.26 Å². The van der Waals surface area contributed by atoms with Crippen LogP contribution in [-0.4, -0.2) is 5.78 Å². The van der Waals surface area contributed by atoms with Crippen molar-refractivity contribution in [2.75, 3.05) is 0 Å². The maximum absolute atomic E-state index is 11.7. The zero-order chi connectivity index (χ0) is 10.9. The van der Waals surface area contributed by atoms with Crippen molar-refractivity contribution in [1.29, 1.82) is 5.26 Å². The van der Waals surface area contributed by atoms with E-state index in [1.807, 2.05) is 12.1 Å². The highest BCUT2D eigenvalue weighted by Crippen LogP contribution is 2.39. The summed E-state index contributed by atoms with van der Waals surface area (Å²) in [5, 5.41) is 9.18. The summed E-state index contributed by atoms with van der Waals surface area (Å²) in [6.07, 6.45) is 2.73. The number of Topliss-reactive ketones (excluding diaryl/α,β-unsaturated/α-hetero) is 1. The summed E-state index contributed by atoms with van der Waals surface area (Å²) in [6, 6.07) is 6.18. The number of rotatable bonds is 2. The lowest BCUT2D eigenvalue weighted by molar-refractivity contribution is -0.123. The Kier molecular flexibility index (Phi) is 2.94. The quantitative estimate of drug-likeness (QED) is 0.836. The van der Waals surface area contributed by atoms with Crippen molar-refractivity contribution in [3.05, 3.63) is 20.8 Å². The molecule has 0 radical (unpaired) electrons. The lowest BCUT2D eigenvalue weighted by Crippen LogP contribution is -2.25. The molecule has 1 heterocycles. The molecule has 1 aromatic rings. The van der Waals surface area contributed by atoms with E-state index in [-0.39, 0.29) is 5.78 Å². The first-order valence-electron chi connectivity index (χ1n) is 4.85. The van der Waals surface area contributed by atoms with Gasteiger partial charge in [0.1, 0.15) is 5.41 Å². The van der Waals surface area contributed by atoms with Gasteiger partial charge in [0.2, 0.25) is 0 Å². The lowest BCUT2D eigenvalue weighted by Gasteiger charge is -2.16. The minimum atomic E-state index is -0.732. The number of thiophene rings is 1. The zero-order valence-electron chi connectivity index (χ0n) is 8.12. The Hall–Kier alpha value is -0.660. The molecule has 2 rings (SSSR count). The van der Waals surface area contributed by atoms with Crippen LogP contribution in [0, 0.1) is 16.7 Å². The van der Waals surface area contributed by atoms with Crippen molar-refractivity contribution in [1.82, 2.24) is 0 Å². The number of carbonyl (C=O) groups is 1. The molecule has 0 spiro atoms. The number of carbonyl (C=O) groups excluding carboxylic acids is 1. The minimum absolute atomic E-state index is 0.120. The number of halogens is 1. The fourth-order valence-corrected chi connectivity index (χ4v) is 3.62. The van der Waals surface area contributed by atoms with Crippen LogP contribution in [0.1, 0.15) is 24.1 Å². The molecule has 1 saturated carbocycles. The first-order chi connectivity index (χ1) is 7.16. The summed E-state index contributed by atoms with van der Waals surface area (Å²) in [7, 11) is 0. The van der Waals surface area contributed by atoms with Gasteiger partial charge in [0, 0.05) is 17.7 Å². The molecule has 1 fully saturated rings. The Bertz CT molecular complexity index is 434. The van der Waals surface area contributed by atoms with Crippen LogP contribution in [0.3, 0.4) is 0 Å². The van der Waals surface area contributed by atoms with Crippen LogP contribution >= 0.6 is 27.3 Å². The molecule has 0 saturated heterocycles. The monoisotopic (exact) mass is 283 g/mol. The number of ketones is 1. The van der Waals surface area contributed by atoms with Gasteiger partial charge in [-0.3, -0.25) is 4.79 Å². The standard InChI is InChI=1S/C11H10BrNOS/c12-10-4-3-8(15-10)6-11(7-13)5-1-2-9(11)14/h3-4H,1-2,5-6H2. The molecular weight excluding hydrogens is 274 g/mol. The summed E-state index contributed by atoms with van der Waals surface area (Å²) in [5.74, 6) is 0.120. The van der Waals surface area contributed by atoms with Crippen molar-refractivity contribution in [2.45, 2.75) is 25.7 Å². The smallest absolute Gasteiger partial charge is 0.153 e. The van der Waals surface area contributed by atoms with Crippen molar-refractivity contribution in [2.24, 2.45) is 5.41 Å². The molecule has 0 amide bonds. The highest BCUT2D eigenvalue weighted by atomic mass is 79.9. The molecule has 1 unspecified atom stereocenters. The van der Waals surface area contributed by atoms with Crippen LogP contribution in [0.2, 0.25) is 0 Å². The second-order valence-electron chi connectivity index (χ2n) is 3.85. The third-order valence-corrected chi connectivity index (χ3v) is 4.48. The Labute approximate surface area is 101 Å². The molecule has 2 nitrogen and oxygen atoms in total. The first-order valence-corrected chi connectivity index (χ1v) is 6.46. The van der Waals surface area contributed by atoms with E-state index in [1.165, 1.54) is 0 Å². The largest absolute Gasteiger partial charge is 0.298 e. The van der Waals surface area contributed by atoms with Gasteiger partial charge in [0.25, 0.3) is 0 Å². The molecule has 0 N–H and O–H groups in total. The van der Waals surface area contributed by atoms with Crippen LogP contribution in [0.5, 0.6) is 0 Å². The molecular formula is C11H10BrNOS. The maximum Gasteiger partial charge on any atom is 0.153 e. The second-order valence-corrected chi connectivity index (χ2v) is 6.40. The number of nitriles is 1. The molecule has 1 atom stereocenters. The SMILES string of the molecule is N#CC1(Cc2ccc(Br)s2)CCCC1=O. The molecule has 4 heteroatoms. The Balaban J connectivity index is 2.23. The van der Waals surface area contributed by atoms with Crippen LogP contribution in [0.25, 0.3) is 0 Å². The topological polar surface area (TPSA) is 40.9 Å². The Morgan fingerprint density at radius 3 is 2.87 bits per heavy atom. The van der Waals surface area contributed by atoms with Crippen molar-refractivity contribution < 1.29 is 4.79 Å². The van der Waals surface area contributed by atoms with Crippen LogP contribution in [0.4, 0.5) is 0 Å². The normalized spacial score (nSPS) is 25.5. The van der Waals surface area contributed by atoms with Crippen molar-refractivity contribution in [3.8, 4) is 6.07 Å². The molecule has 15 heavy (non-hydrogen) atoms. The maximum atomic E-state index is 11.7. The van der Waals surface area contributed by atoms with Crippen molar-refractivity contribution >= 4 is 33.0 Å². The summed E-state index contributed by atoms with van der Waals surface area (Å²) in [6.45, 7) is 0. The number of hydrogen-bond donors (Lipinski definition) is 0. The second kappa shape index (κ2) is 4.07.